The molecule has 78 valence electrons. The molecule has 0 atom stereocenters. The highest BCUT2D eigenvalue weighted by Gasteiger charge is 2.19. The van der Waals surface area contributed by atoms with Crippen LogP contribution in [0.25, 0.3) is 5.57 Å². The zero-order valence-corrected chi connectivity index (χ0v) is 10.1. The number of rotatable bonds is 1. The number of pyridine rings is 1. The SMILES string of the molecule is Brc1ccc(C2=CN=C3C=CCC=C23)nc1. The van der Waals surface area contributed by atoms with E-state index in [0.29, 0.717) is 0 Å². The molecule has 0 saturated heterocycles. The molecule has 0 aromatic carbocycles. The van der Waals surface area contributed by atoms with E-state index in [9.17, 15) is 0 Å². The van der Waals surface area contributed by atoms with Crippen molar-refractivity contribution in [3.63, 3.8) is 0 Å². The van der Waals surface area contributed by atoms with Crippen molar-refractivity contribution >= 4 is 27.2 Å². The summed E-state index contributed by atoms with van der Waals surface area (Å²) in [4.78, 5) is 8.78. The molecule has 0 N–H and O–H groups in total. The Balaban J connectivity index is 1.99. The largest absolute Gasteiger partial charge is 0.256 e. The van der Waals surface area contributed by atoms with Crippen molar-refractivity contribution < 1.29 is 0 Å². The zero-order chi connectivity index (χ0) is 11.0. The van der Waals surface area contributed by atoms with Crippen LogP contribution in [0.15, 0.2) is 57.8 Å². The number of nitrogens with zero attached hydrogens (tertiary/aromatic N) is 2. The van der Waals surface area contributed by atoms with Gasteiger partial charge < -0.3 is 0 Å². The van der Waals surface area contributed by atoms with Crippen molar-refractivity contribution in [2.45, 2.75) is 6.42 Å². The average Bonchev–Trinajstić information content (AvgIpc) is 2.74. The van der Waals surface area contributed by atoms with Gasteiger partial charge in [0.15, 0.2) is 0 Å². The van der Waals surface area contributed by atoms with E-state index in [1.165, 1.54) is 5.57 Å². The monoisotopic (exact) mass is 272 g/mol. The van der Waals surface area contributed by atoms with Crippen molar-refractivity contribution in [3.8, 4) is 0 Å². The van der Waals surface area contributed by atoms with Crippen LogP contribution in [0.3, 0.4) is 0 Å². The maximum atomic E-state index is 4.40. The lowest BCUT2D eigenvalue weighted by Crippen LogP contribution is -2.01. The number of aromatic nitrogens is 1. The summed E-state index contributed by atoms with van der Waals surface area (Å²) in [5.74, 6) is 0. The molecule has 0 amide bonds. The average molecular weight is 273 g/mol. The van der Waals surface area contributed by atoms with Crippen LogP contribution >= 0.6 is 15.9 Å². The van der Waals surface area contributed by atoms with E-state index in [1.807, 2.05) is 24.5 Å². The second kappa shape index (κ2) is 3.83. The quantitative estimate of drug-likeness (QED) is 0.768. The van der Waals surface area contributed by atoms with E-state index >= 15 is 0 Å². The molecule has 0 bridgehead atoms. The highest BCUT2D eigenvalue weighted by Crippen LogP contribution is 2.30. The Morgan fingerprint density at radius 2 is 2.12 bits per heavy atom. The summed E-state index contributed by atoms with van der Waals surface area (Å²) in [6.07, 6.45) is 11.1. The van der Waals surface area contributed by atoms with Crippen LogP contribution in [0, 0.1) is 0 Å². The van der Waals surface area contributed by atoms with E-state index in [2.05, 4.69) is 44.1 Å². The predicted molar refractivity (Wildman–Crippen MR) is 69.2 cm³/mol. The highest BCUT2D eigenvalue weighted by atomic mass is 79.9. The van der Waals surface area contributed by atoms with Gasteiger partial charge in [-0.05, 0) is 40.6 Å². The zero-order valence-electron chi connectivity index (χ0n) is 8.52. The van der Waals surface area contributed by atoms with E-state index < -0.39 is 0 Å². The van der Waals surface area contributed by atoms with Gasteiger partial charge in [-0.1, -0.05) is 12.2 Å². The van der Waals surface area contributed by atoms with E-state index in [0.717, 1.165) is 27.9 Å². The lowest BCUT2D eigenvalue weighted by molar-refractivity contribution is 1.26. The van der Waals surface area contributed by atoms with Gasteiger partial charge in [-0.3, -0.25) is 9.98 Å². The van der Waals surface area contributed by atoms with Gasteiger partial charge in [-0.25, -0.2) is 0 Å². The number of aliphatic imine (C=N–C) groups is 1. The molecule has 2 aliphatic rings. The van der Waals surface area contributed by atoms with Gasteiger partial charge in [0.05, 0.1) is 11.4 Å². The fourth-order valence-electron chi connectivity index (χ4n) is 1.86. The Labute approximate surface area is 102 Å². The molecule has 2 heterocycles. The van der Waals surface area contributed by atoms with Crippen LogP contribution in [-0.4, -0.2) is 10.7 Å². The van der Waals surface area contributed by atoms with Gasteiger partial charge in [0.25, 0.3) is 0 Å². The molecule has 0 fully saturated rings. The van der Waals surface area contributed by atoms with Crippen molar-refractivity contribution in [1.82, 2.24) is 4.98 Å². The van der Waals surface area contributed by atoms with Crippen molar-refractivity contribution in [3.05, 3.63) is 58.5 Å². The molecular weight excluding hydrogens is 264 g/mol. The summed E-state index contributed by atoms with van der Waals surface area (Å²) in [6.45, 7) is 0. The molecule has 1 aromatic rings. The number of fused-ring (bicyclic) bond motifs is 1. The maximum Gasteiger partial charge on any atom is 0.0725 e. The second-order valence-electron chi connectivity index (χ2n) is 3.67. The summed E-state index contributed by atoms with van der Waals surface area (Å²) < 4.78 is 0.994. The van der Waals surface area contributed by atoms with Gasteiger partial charge in [-0.15, -0.1) is 0 Å². The smallest absolute Gasteiger partial charge is 0.0725 e. The van der Waals surface area contributed by atoms with E-state index in [1.54, 1.807) is 0 Å². The molecule has 1 aromatic heterocycles. The lowest BCUT2D eigenvalue weighted by atomic mass is 9.96. The molecule has 3 heteroatoms. The minimum absolute atomic E-state index is 0.974. The Kier molecular flexibility index (Phi) is 2.33. The van der Waals surface area contributed by atoms with Gasteiger partial charge in [0, 0.05) is 28.0 Å². The normalized spacial score (nSPS) is 17.7. The molecule has 0 unspecified atom stereocenters. The molecule has 0 saturated carbocycles. The summed E-state index contributed by atoms with van der Waals surface area (Å²) in [5, 5.41) is 0. The third-order valence-corrected chi connectivity index (χ3v) is 3.11. The first-order chi connectivity index (χ1) is 7.84. The molecule has 0 spiro atoms. The maximum absolute atomic E-state index is 4.40. The Hall–Kier alpha value is -1.48. The molecule has 2 nitrogen and oxygen atoms in total. The standard InChI is InChI=1S/C13H9BrN2/c14-9-5-6-13(15-7-9)11-8-16-12-4-2-1-3-10(11)12/h2-8H,1H2. The third-order valence-electron chi connectivity index (χ3n) is 2.64. The Morgan fingerprint density at radius 1 is 1.19 bits per heavy atom. The number of hydrogen-bond donors (Lipinski definition) is 0. The first kappa shape index (κ1) is 9.73. The lowest BCUT2D eigenvalue weighted by Gasteiger charge is -2.08. The van der Waals surface area contributed by atoms with Crippen molar-refractivity contribution in [1.29, 1.82) is 0 Å². The summed E-state index contributed by atoms with van der Waals surface area (Å²) in [7, 11) is 0. The molecule has 1 aliphatic heterocycles. The van der Waals surface area contributed by atoms with Crippen LogP contribution in [0.4, 0.5) is 0 Å². The minimum atomic E-state index is 0.974. The topological polar surface area (TPSA) is 25.2 Å². The second-order valence-corrected chi connectivity index (χ2v) is 4.59. The van der Waals surface area contributed by atoms with E-state index in [-0.39, 0.29) is 0 Å². The van der Waals surface area contributed by atoms with Crippen molar-refractivity contribution in [2.75, 3.05) is 0 Å². The first-order valence-electron chi connectivity index (χ1n) is 5.12. The Bertz CT molecular complexity index is 548. The van der Waals surface area contributed by atoms with Gasteiger partial charge in [0.2, 0.25) is 0 Å². The highest BCUT2D eigenvalue weighted by molar-refractivity contribution is 9.10. The van der Waals surface area contributed by atoms with Gasteiger partial charge in [-0.2, -0.15) is 0 Å². The number of halogens is 1. The minimum Gasteiger partial charge on any atom is -0.256 e. The fraction of sp³-hybridized carbons (Fsp3) is 0.0769. The van der Waals surface area contributed by atoms with Crippen LogP contribution in [-0.2, 0) is 0 Å². The number of allylic oxidation sites excluding steroid dienone is 5. The van der Waals surface area contributed by atoms with Crippen LogP contribution in [0.5, 0.6) is 0 Å². The van der Waals surface area contributed by atoms with Crippen LogP contribution in [0.1, 0.15) is 12.1 Å². The van der Waals surface area contributed by atoms with Gasteiger partial charge in [0.1, 0.15) is 0 Å². The Morgan fingerprint density at radius 3 is 2.94 bits per heavy atom. The molecule has 0 radical (unpaired) electrons. The number of hydrogen-bond acceptors (Lipinski definition) is 2. The third kappa shape index (κ3) is 1.57. The fourth-order valence-corrected chi connectivity index (χ4v) is 2.10. The molecule has 3 rings (SSSR count). The van der Waals surface area contributed by atoms with Crippen LogP contribution < -0.4 is 0 Å². The first-order valence-corrected chi connectivity index (χ1v) is 5.91. The van der Waals surface area contributed by atoms with Gasteiger partial charge >= 0.3 is 0 Å². The molecule has 16 heavy (non-hydrogen) atoms. The molecule has 1 aliphatic carbocycles. The predicted octanol–water partition coefficient (Wildman–Crippen LogP) is 3.53. The summed E-state index contributed by atoms with van der Waals surface area (Å²) >= 11 is 3.39. The summed E-state index contributed by atoms with van der Waals surface area (Å²) in [5.41, 5.74) is 4.35. The van der Waals surface area contributed by atoms with Crippen molar-refractivity contribution in [2.24, 2.45) is 4.99 Å². The van der Waals surface area contributed by atoms with Crippen LogP contribution in [0.2, 0.25) is 0 Å². The van der Waals surface area contributed by atoms with E-state index in [4.69, 9.17) is 0 Å². The molecular formula is C13H9BrN2. The summed E-state index contributed by atoms with van der Waals surface area (Å²) in [6, 6.07) is 4.01.